The highest BCUT2D eigenvalue weighted by atomic mass is 16.1. The maximum Gasteiger partial charge on any atom is 0.228 e. The van der Waals surface area contributed by atoms with E-state index < -0.39 is 0 Å². The van der Waals surface area contributed by atoms with Crippen molar-refractivity contribution in [3.05, 3.63) is 66.0 Å². The summed E-state index contributed by atoms with van der Waals surface area (Å²) in [5.74, 6) is 0.678. The minimum atomic E-state index is -0.160. The molecule has 0 fully saturated rings. The molecule has 3 rings (SSSR count). The average molecular weight is 307 g/mol. The third-order valence-corrected chi connectivity index (χ3v) is 4.10. The number of nitrogens with one attached hydrogen (secondary N) is 2. The Hall–Kier alpha value is -2.62. The van der Waals surface area contributed by atoms with Gasteiger partial charge in [-0.25, -0.2) is 4.98 Å². The number of para-hydroxylation sites is 2. The van der Waals surface area contributed by atoms with Gasteiger partial charge >= 0.3 is 0 Å². The smallest absolute Gasteiger partial charge is 0.228 e. The minimum Gasteiger partial charge on any atom is -0.346 e. The summed E-state index contributed by atoms with van der Waals surface area (Å²) in [6.07, 6.45) is 0.767. The number of carbonyl (C=O) groups is 1. The maximum absolute atomic E-state index is 12.6. The van der Waals surface area contributed by atoms with Crippen LogP contribution < -0.4 is 5.32 Å². The Morgan fingerprint density at radius 1 is 1.13 bits per heavy atom. The number of rotatable bonds is 5. The molecular formula is C19H21N3O. The Morgan fingerprint density at radius 2 is 1.83 bits per heavy atom. The molecule has 0 saturated heterocycles. The van der Waals surface area contributed by atoms with Gasteiger partial charge in [0.1, 0.15) is 5.82 Å². The Bertz CT molecular complexity index is 761. The van der Waals surface area contributed by atoms with Crippen LogP contribution in [0.25, 0.3) is 11.0 Å². The number of nitrogens with zero attached hydrogens (tertiary/aromatic N) is 1. The molecule has 0 spiro atoms. The van der Waals surface area contributed by atoms with Gasteiger partial charge < -0.3 is 10.3 Å². The molecule has 0 aliphatic rings. The first-order chi connectivity index (χ1) is 11.2. The first kappa shape index (κ1) is 15.3. The Balaban J connectivity index is 1.75. The second-order valence-electron chi connectivity index (χ2n) is 5.74. The molecule has 4 nitrogen and oxygen atoms in total. The molecule has 0 bridgehead atoms. The van der Waals surface area contributed by atoms with Gasteiger partial charge in [-0.05, 0) is 31.0 Å². The summed E-state index contributed by atoms with van der Waals surface area (Å²) in [5, 5.41) is 3.07. The van der Waals surface area contributed by atoms with Gasteiger partial charge in [0.2, 0.25) is 5.91 Å². The molecule has 0 aliphatic heterocycles. The van der Waals surface area contributed by atoms with E-state index in [9.17, 15) is 4.79 Å². The Kier molecular flexibility index (Phi) is 4.42. The summed E-state index contributed by atoms with van der Waals surface area (Å²) < 4.78 is 0. The molecule has 1 amide bonds. The number of H-pyrrole nitrogens is 1. The molecule has 2 N–H and O–H groups in total. The highest BCUT2D eigenvalue weighted by Gasteiger charge is 2.21. The summed E-state index contributed by atoms with van der Waals surface area (Å²) in [4.78, 5) is 20.4. The van der Waals surface area contributed by atoms with Crippen LogP contribution in [0.1, 0.15) is 43.6 Å². The molecule has 3 aromatic rings. The van der Waals surface area contributed by atoms with Gasteiger partial charge in [-0.3, -0.25) is 4.79 Å². The quantitative estimate of drug-likeness (QED) is 0.750. The lowest BCUT2D eigenvalue weighted by molar-refractivity contribution is -0.123. The van der Waals surface area contributed by atoms with Crippen LogP contribution in [0.5, 0.6) is 0 Å². The van der Waals surface area contributed by atoms with Crippen molar-refractivity contribution >= 4 is 16.9 Å². The monoisotopic (exact) mass is 307 g/mol. The van der Waals surface area contributed by atoms with Crippen LogP contribution in [0.15, 0.2) is 54.6 Å². The number of carbonyl (C=O) groups excluding carboxylic acids is 1. The fourth-order valence-corrected chi connectivity index (χ4v) is 2.82. The fourth-order valence-electron chi connectivity index (χ4n) is 2.82. The van der Waals surface area contributed by atoms with E-state index in [1.807, 2.05) is 68.4 Å². The zero-order valence-corrected chi connectivity index (χ0v) is 13.4. The normalized spacial score (nSPS) is 13.7. The van der Waals surface area contributed by atoms with Crippen molar-refractivity contribution in [1.29, 1.82) is 0 Å². The van der Waals surface area contributed by atoms with Gasteiger partial charge in [0.15, 0.2) is 0 Å². The van der Waals surface area contributed by atoms with Gasteiger partial charge in [0.25, 0.3) is 0 Å². The first-order valence-electron chi connectivity index (χ1n) is 7.99. The molecule has 118 valence electrons. The second kappa shape index (κ2) is 6.65. The lowest BCUT2D eigenvalue weighted by Gasteiger charge is -2.18. The van der Waals surface area contributed by atoms with Gasteiger partial charge in [0, 0.05) is 0 Å². The average Bonchev–Trinajstić information content (AvgIpc) is 3.01. The van der Waals surface area contributed by atoms with Crippen LogP contribution in [0.2, 0.25) is 0 Å². The zero-order valence-electron chi connectivity index (χ0n) is 13.4. The molecule has 0 saturated carbocycles. The van der Waals surface area contributed by atoms with Gasteiger partial charge in [0.05, 0.1) is 23.0 Å². The number of imidazole rings is 1. The predicted molar refractivity (Wildman–Crippen MR) is 92.1 cm³/mol. The lowest BCUT2D eigenvalue weighted by Crippen LogP contribution is -2.32. The standard InChI is InChI=1S/C19H21N3O/c1-3-15(14-9-5-4-6-10-14)19(23)20-13(2)18-21-16-11-7-8-12-17(16)22-18/h4-13,15H,3H2,1-2H3,(H,20,23)(H,21,22)/t13-,15?/m0/s1. The molecule has 0 aliphatic carbocycles. The summed E-state index contributed by atoms with van der Waals surface area (Å²) in [6.45, 7) is 3.98. The summed E-state index contributed by atoms with van der Waals surface area (Å²) >= 11 is 0. The van der Waals surface area contributed by atoms with E-state index >= 15 is 0 Å². The molecule has 0 radical (unpaired) electrons. The molecule has 2 aromatic carbocycles. The molecule has 23 heavy (non-hydrogen) atoms. The Morgan fingerprint density at radius 3 is 2.52 bits per heavy atom. The molecular weight excluding hydrogens is 286 g/mol. The van der Waals surface area contributed by atoms with E-state index in [-0.39, 0.29) is 17.9 Å². The summed E-state index contributed by atoms with van der Waals surface area (Å²) in [5.41, 5.74) is 2.95. The molecule has 1 aromatic heterocycles. The summed E-state index contributed by atoms with van der Waals surface area (Å²) in [6, 6.07) is 17.6. The van der Waals surface area contributed by atoms with Crippen molar-refractivity contribution in [3.8, 4) is 0 Å². The highest BCUT2D eigenvalue weighted by molar-refractivity contribution is 5.84. The van der Waals surface area contributed by atoms with Crippen molar-refractivity contribution in [2.24, 2.45) is 0 Å². The largest absolute Gasteiger partial charge is 0.346 e. The maximum atomic E-state index is 12.6. The number of aromatic amines is 1. The zero-order chi connectivity index (χ0) is 16.2. The van der Waals surface area contributed by atoms with E-state index in [2.05, 4.69) is 15.3 Å². The SMILES string of the molecule is CCC(C(=O)N[C@@H](C)c1nc2ccccc2[nH]1)c1ccccc1. The van der Waals surface area contributed by atoms with Crippen LogP contribution >= 0.6 is 0 Å². The number of fused-ring (bicyclic) bond motifs is 1. The van der Waals surface area contributed by atoms with Crippen LogP contribution in [0.4, 0.5) is 0 Å². The van der Waals surface area contributed by atoms with Crippen molar-refractivity contribution in [3.63, 3.8) is 0 Å². The third-order valence-electron chi connectivity index (χ3n) is 4.10. The Labute approximate surface area is 136 Å². The van der Waals surface area contributed by atoms with Gasteiger partial charge in [-0.15, -0.1) is 0 Å². The van der Waals surface area contributed by atoms with Gasteiger partial charge in [-0.1, -0.05) is 49.4 Å². The van der Waals surface area contributed by atoms with E-state index in [0.717, 1.165) is 28.8 Å². The fraction of sp³-hybridized carbons (Fsp3) is 0.263. The van der Waals surface area contributed by atoms with E-state index in [1.165, 1.54) is 0 Å². The highest BCUT2D eigenvalue weighted by Crippen LogP contribution is 2.21. The molecule has 1 unspecified atom stereocenters. The second-order valence-corrected chi connectivity index (χ2v) is 5.74. The first-order valence-corrected chi connectivity index (χ1v) is 7.99. The third kappa shape index (κ3) is 3.26. The molecule has 2 atom stereocenters. The minimum absolute atomic E-state index is 0.0339. The molecule has 1 heterocycles. The number of amides is 1. The lowest BCUT2D eigenvalue weighted by atomic mass is 9.95. The van der Waals surface area contributed by atoms with E-state index in [1.54, 1.807) is 0 Å². The molecule has 4 heteroatoms. The van der Waals surface area contributed by atoms with Crippen molar-refractivity contribution < 1.29 is 4.79 Å². The number of hydrogen-bond acceptors (Lipinski definition) is 2. The van der Waals surface area contributed by atoms with Crippen molar-refractivity contribution in [2.45, 2.75) is 32.2 Å². The van der Waals surface area contributed by atoms with Crippen LogP contribution in [0, 0.1) is 0 Å². The number of aromatic nitrogens is 2. The van der Waals surface area contributed by atoms with E-state index in [0.29, 0.717) is 0 Å². The van der Waals surface area contributed by atoms with Crippen LogP contribution in [-0.2, 0) is 4.79 Å². The number of hydrogen-bond donors (Lipinski definition) is 2. The topological polar surface area (TPSA) is 57.8 Å². The van der Waals surface area contributed by atoms with Crippen molar-refractivity contribution in [1.82, 2.24) is 15.3 Å². The van der Waals surface area contributed by atoms with Crippen LogP contribution in [-0.4, -0.2) is 15.9 Å². The number of benzene rings is 2. The summed E-state index contributed by atoms with van der Waals surface area (Å²) in [7, 11) is 0. The van der Waals surface area contributed by atoms with E-state index in [4.69, 9.17) is 0 Å². The van der Waals surface area contributed by atoms with Gasteiger partial charge in [-0.2, -0.15) is 0 Å². The van der Waals surface area contributed by atoms with Crippen LogP contribution in [0.3, 0.4) is 0 Å². The van der Waals surface area contributed by atoms with Crippen molar-refractivity contribution in [2.75, 3.05) is 0 Å². The predicted octanol–water partition coefficient (Wildman–Crippen LogP) is 3.93.